The van der Waals surface area contributed by atoms with Gasteiger partial charge in [0, 0.05) is 17.3 Å². The van der Waals surface area contributed by atoms with Crippen molar-refractivity contribution in [2.45, 2.75) is 25.9 Å². The SMILES string of the molecule is C[C@@H]([NH2+][C@H](C)c1ccc(F)cc1F)C(=O)Nc1ccccc1. The van der Waals surface area contributed by atoms with E-state index in [1.165, 1.54) is 12.1 Å². The molecule has 0 fully saturated rings. The summed E-state index contributed by atoms with van der Waals surface area (Å²) < 4.78 is 26.7. The maximum Gasteiger partial charge on any atom is 0.282 e. The number of carbonyl (C=O) groups excluding carboxylic acids is 1. The Kier molecular flexibility index (Phi) is 5.22. The van der Waals surface area contributed by atoms with E-state index in [0.717, 1.165) is 6.07 Å². The van der Waals surface area contributed by atoms with Gasteiger partial charge in [-0.1, -0.05) is 18.2 Å². The van der Waals surface area contributed by atoms with E-state index in [0.29, 0.717) is 11.3 Å². The Balaban J connectivity index is 1.98. The molecule has 0 unspecified atom stereocenters. The summed E-state index contributed by atoms with van der Waals surface area (Å²) in [7, 11) is 0. The molecular weight excluding hydrogens is 286 g/mol. The average molecular weight is 305 g/mol. The summed E-state index contributed by atoms with van der Waals surface area (Å²) in [6, 6.07) is 11.9. The molecule has 2 atom stereocenters. The third-order valence-corrected chi connectivity index (χ3v) is 3.49. The summed E-state index contributed by atoms with van der Waals surface area (Å²) in [6.45, 7) is 3.53. The van der Waals surface area contributed by atoms with E-state index in [9.17, 15) is 13.6 Å². The molecule has 0 aliphatic heterocycles. The van der Waals surface area contributed by atoms with Crippen molar-refractivity contribution in [2.75, 3.05) is 5.32 Å². The first kappa shape index (κ1) is 16.1. The number of anilines is 1. The second-order valence-electron chi connectivity index (χ2n) is 5.29. The lowest BCUT2D eigenvalue weighted by atomic mass is 10.1. The first-order valence-electron chi connectivity index (χ1n) is 7.13. The second-order valence-corrected chi connectivity index (χ2v) is 5.29. The molecule has 3 nitrogen and oxygen atoms in total. The second kappa shape index (κ2) is 7.13. The molecule has 2 rings (SSSR count). The molecule has 0 aliphatic carbocycles. The smallest absolute Gasteiger partial charge is 0.282 e. The number of benzene rings is 2. The minimum atomic E-state index is -0.608. The van der Waals surface area contributed by atoms with Crippen molar-refractivity contribution >= 4 is 11.6 Å². The molecule has 0 bridgehead atoms. The largest absolute Gasteiger partial charge is 0.330 e. The van der Waals surface area contributed by atoms with Crippen LogP contribution >= 0.6 is 0 Å². The van der Waals surface area contributed by atoms with Gasteiger partial charge in [-0.25, -0.2) is 8.78 Å². The van der Waals surface area contributed by atoms with Gasteiger partial charge < -0.3 is 10.6 Å². The molecule has 0 aliphatic rings. The Hall–Kier alpha value is -2.27. The zero-order valence-corrected chi connectivity index (χ0v) is 12.5. The lowest BCUT2D eigenvalue weighted by Gasteiger charge is -2.17. The Morgan fingerprint density at radius 2 is 1.77 bits per heavy atom. The van der Waals surface area contributed by atoms with Gasteiger partial charge in [0.15, 0.2) is 6.04 Å². The van der Waals surface area contributed by atoms with Crippen LogP contribution in [0.4, 0.5) is 14.5 Å². The van der Waals surface area contributed by atoms with Crippen LogP contribution in [0.3, 0.4) is 0 Å². The Morgan fingerprint density at radius 3 is 2.41 bits per heavy atom. The predicted octanol–water partition coefficient (Wildman–Crippen LogP) is 2.62. The standard InChI is InChI=1S/C17H18F2N2O/c1-11(15-9-8-13(18)10-16(15)19)20-12(2)17(22)21-14-6-4-3-5-7-14/h3-12,20H,1-2H3,(H,21,22)/p+1/t11-,12-/m1/s1. The monoisotopic (exact) mass is 305 g/mol. The fourth-order valence-corrected chi connectivity index (χ4v) is 2.27. The summed E-state index contributed by atoms with van der Waals surface area (Å²) in [5.74, 6) is -1.37. The average Bonchev–Trinajstić information content (AvgIpc) is 2.47. The van der Waals surface area contributed by atoms with Crippen molar-refractivity contribution in [2.24, 2.45) is 0 Å². The third-order valence-electron chi connectivity index (χ3n) is 3.49. The van der Waals surface area contributed by atoms with Crippen LogP contribution in [-0.2, 0) is 4.79 Å². The lowest BCUT2D eigenvalue weighted by molar-refractivity contribution is -0.710. The molecule has 0 heterocycles. The number of amides is 1. The van der Waals surface area contributed by atoms with Crippen molar-refractivity contribution < 1.29 is 18.9 Å². The summed E-state index contributed by atoms with van der Waals surface area (Å²) >= 11 is 0. The minimum Gasteiger partial charge on any atom is -0.330 e. The van der Waals surface area contributed by atoms with Crippen molar-refractivity contribution in [3.8, 4) is 0 Å². The van der Waals surface area contributed by atoms with E-state index in [2.05, 4.69) is 5.32 Å². The molecule has 2 aromatic carbocycles. The molecule has 0 saturated heterocycles. The fraction of sp³-hybridized carbons (Fsp3) is 0.235. The minimum absolute atomic E-state index is 0.166. The lowest BCUT2D eigenvalue weighted by Crippen LogP contribution is -2.91. The predicted molar refractivity (Wildman–Crippen MR) is 81.2 cm³/mol. The summed E-state index contributed by atoms with van der Waals surface area (Å²) in [5, 5.41) is 4.54. The van der Waals surface area contributed by atoms with Gasteiger partial charge in [0.1, 0.15) is 17.7 Å². The topological polar surface area (TPSA) is 45.7 Å². The number of hydrogen-bond donors (Lipinski definition) is 2. The van der Waals surface area contributed by atoms with Crippen LogP contribution in [0.5, 0.6) is 0 Å². The molecule has 0 spiro atoms. The molecule has 0 radical (unpaired) electrons. The van der Waals surface area contributed by atoms with Crippen molar-refractivity contribution in [1.82, 2.24) is 0 Å². The van der Waals surface area contributed by atoms with Gasteiger partial charge in [-0.2, -0.15) is 0 Å². The van der Waals surface area contributed by atoms with Gasteiger partial charge in [-0.15, -0.1) is 0 Å². The van der Waals surface area contributed by atoms with Crippen LogP contribution in [0.2, 0.25) is 0 Å². The van der Waals surface area contributed by atoms with Crippen LogP contribution in [0.25, 0.3) is 0 Å². The number of rotatable bonds is 5. The van der Waals surface area contributed by atoms with E-state index in [-0.39, 0.29) is 11.9 Å². The quantitative estimate of drug-likeness (QED) is 0.876. The summed E-state index contributed by atoms with van der Waals surface area (Å²) in [5.41, 5.74) is 1.09. The maximum absolute atomic E-state index is 13.7. The van der Waals surface area contributed by atoms with Crippen molar-refractivity contribution in [3.05, 3.63) is 65.7 Å². The Labute approximate surface area is 128 Å². The number of nitrogens with two attached hydrogens (primary N) is 1. The van der Waals surface area contributed by atoms with Gasteiger partial charge in [-0.3, -0.25) is 4.79 Å². The number of nitrogens with one attached hydrogen (secondary N) is 1. The van der Waals surface area contributed by atoms with E-state index >= 15 is 0 Å². The molecule has 1 amide bonds. The van der Waals surface area contributed by atoms with E-state index < -0.39 is 17.7 Å². The van der Waals surface area contributed by atoms with Gasteiger partial charge in [-0.05, 0) is 38.1 Å². The molecule has 0 saturated carbocycles. The molecule has 0 aromatic heterocycles. The molecular formula is C17H19F2N2O+. The molecule has 5 heteroatoms. The maximum atomic E-state index is 13.7. The number of carbonyl (C=O) groups is 1. The van der Waals surface area contributed by atoms with Crippen LogP contribution in [0.1, 0.15) is 25.5 Å². The molecule has 3 N–H and O–H groups in total. The van der Waals surface area contributed by atoms with Crippen molar-refractivity contribution in [3.63, 3.8) is 0 Å². The Bertz CT molecular complexity index is 646. The molecule has 22 heavy (non-hydrogen) atoms. The number of hydrogen-bond acceptors (Lipinski definition) is 1. The van der Waals surface area contributed by atoms with Gasteiger partial charge in [0.05, 0.1) is 0 Å². The molecule has 2 aromatic rings. The van der Waals surface area contributed by atoms with Crippen LogP contribution in [0.15, 0.2) is 48.5 Å². The van der Waals surface area contributed by atoms with E-state index in [1.54, 1.807) is 31.3 Å². The Morgan fingerprint density at radius 1 is 1.09 bits per heavy atom. The van der Waals surface area contributed by atoms with Crippen molar-refractivity contribution in [1.29, 1.82) is 0 Å². The summed E-state index contributed by atoms with van der Waals surface area (Å²) in [6.07, 6.45) is 0. The van der Waals surface area contributed by atoms with E-state index in [4.69, 9.17) is 0 Å². The van der Waals surface area contributed by atoms with Crippen LogP contribution in [-0.4, -0.2) is 11.9 Å². The third kappa shape index (κ3) is 4.11. The first-order valence-corrected chi connectivity index (χ1v) is 7.13. The number of quaternary nitrogens is 1. The normalized spacial score (nSPS) is 13.5. The highest BCUT2D eigenvalue weighted by atomic mass is 19.1. The molecule has 116 valence electrons. The number of halogens is 2. The van der Waals surface area contributed by atoms with Crippen LogP contribution in [0, 0.1) is 11.6 Å². The van der Waals surface area contributed by atoms with Gasteiger partial charge in [0.25, 0.3) is 5.91 Å². The zero-order valence-electron chi connectivity index (χ0n) is 12.5. The van der Waals surface area contributed by atoms with Gasteiger partial charge >= 0.3 is 0 Å². The first-order chi connectivity index (χ1) is 10.5. The highest BCUT2D eigenvalue weighted by Gasteiger charge is 2.22. The van der Waals surface area contributed by atoms with E-state index in [1.807, 2.05) is 18.2 Å². The highest BCUT2D eigenvalue weighted by molar-refractivity contribution is 5.93. The summed E-state index contributed by atoms with van der Waals surface area (Å²) in [4.78, 5) is 12.1. The van der Waals surface area contributed by atoms with Gasteiger partial charge in [0.2, 0.25) is 0 Å². The van der Waals surface area contributed by atoms with Crippen LogP contribution < -0.4 is 10.6 Å². The fourth-order valence-electron chi connectivity index (χ4n) is 2.27. The zero-order chi connectivity index (χ0) is 16.1. The number of para-hydroxylation sites is 1. The highest BCUT2D eigenvalue weighted by Crippen LogP contribution is 2.15.